The Morgan fingerprint density at radius 1 is 1.33 bits per heavy atom. The fraction of sp³-hybridized carbons (Fsp3) is 0.812. The lowest BCUT2D eigenvalue weighted by Gasteiger charge is -2.37. The van der Waals surface area contributed by atoms with Crippen molar-refractivity contribution < 1.29 is 4.79 Å². The third kappa shape index (κ3) is 4.49. The minimum absolute atomic E-state index is 0.0640. The van der Waals surface area contributed by atoms with Gasteiger partial charge in [0.25, 0.3) is 0 Å². The molecule has 0 radical (unpaired) electrons. The Kier molecular flexibility index (Phi) is 6.13. The molecule has 134 valence electrons. The van der Waals surface area contributed by atoms with Gasteiger partial charge in [-0.3, -0.25) is 14.8 Å². The Labute approximate surface area is 148 Å². The third-order valence-corrected chi connectivity index (χ3v) is 5.81. The number of thioether (sulfide) groups is 1. The molecule has 3 heterocycles. The molecule has 0 bridgehead atoms. The summed E-state index contributed by atoms with van der Waals surface area (Å²) in [4.78, 5) is 21.7. The van der Waals surface area contributed by atoms with Crippen LogP contribution in [0.5, 0.6) is 0 Å². The SMILES string of the molecule is Cc1nc(SCCNC(=O)[C@@H]2CCCN2C2CCN(C)CC2)n[nH]1. The number of H-pyrrole nitrogens is 1. The van der Waals surface area contributed by atoms with E-state index in [2.05, 4.69) is 37.3 Å². The number of nitrogens with one attached hydrogen (secondary N) is 2. The number of hydrogen-bond donors (Lipinski definition) is 2. The summed E-state index contributed by atoms with van der Waals surface area (Å²) in [6.45, 7) is 5.90. The highest BCUT2D eigenvalue weighted by atomic mass is 32.2. The average Bonchev–Trinajstić information content (AvgIpc) is 3.21. The second-order valence-electron chi connectivity index (χ2n) is 6.77. The number of carbonyl (C=O) groups excluding carboxylic acids is 1. The summed E-state index contributed by atoms with van der Waals surface area (Å²) in [6.07, 6.45) is 4.49. The van der Waals surface area contributed by atoms with Gasteiger partial charge in [0.1, 0.15) is 5.82 Å². The number of likely N-dealkylation sites (tertiary alicyclic amines) is 2. The van der Waals surface area contributed by atoms with Gasteiger partial charge in [0.05, 0.1) is 6.04 Å². The van der Waals surface area contributed by atoms with Crippen LogP contribution in [0, 0.1) is 6.92 Å². The van der Waals surface area contributed by atoms with E-state index >= 15 is 0 Å². The molecule has 2 fully saturated rings. The normalized spacial score (nSPS) is 23.7. The second kappa shape index (κ2) is 8.31. The summed E-state index contributed by atoms with van der Waals surface area (Å²) in [5.74, 6) is 1.81. The van der Waals surface area contributed by atoms with Crippen molar-refractivity contribution >= 4 is 17.7 Å². The van der Waals surface area contributed by atoms with Gasteiger partial charge in [-0.25, -0.2) is 4.98 Å². The molecular weight excluding hydrogens is 324 g/mol. The second-order valence-corrected chi connectivity index (χ2v) is 7.84. The average molecular weight is 353 g/mol. The molecule has 1 atom stereocenters. The topological polar surface area (TPSA) is 77.2 Å². The highest BCUT2D eigenvalue weighted by Crippen LogP contribution is 2.25. The monoisotopic (exact) mass is 352 g/mol. The van der Waals surface area contributed by atoms with Crippen molar-refractivity contribution in [1.29, 1.82) is 0 Å². The van der Waals surface area contributed by atoms with Crippen molar-refractivity contribution in [3.8, 4) is 0 Å². The van der Waals surface area contributed by atoms with Gasteiger partial charge in [-0.05, 0) is 59.3 Å². The predicted octanol–water partition coefficient (Wildman–Crippen LogP) is 0.880. The summed E-state index contributed by atoms with van der Waals surface area (Å²) in [6, 6.07) is 0.638. The molecule has 2 N–H and O–H groups in total. The molecule has 24 heavy (non-hydrogen) atoms. The van der Waals surface area contributed by atoms with Crippen LogP contribution in [0.2, 0.25) is 0 Å². The number of hydrogen-bond acceptors (Lipinski definition) is 6. The standard InChI is InChI=1S/C16H28N6OS/c1-12-18-16(20-19-12)24-11-7-17-15(23)14-4-3-8-22(14)13-5-9-21(2)10-6-13/h13-14H,3-11H2,1-2H3,(H,17,23)(H,18,19,20)/t14-/m0/s1. The van der Waals surface area contributed by atoms with E-state index in [1.165, 1.54) is 12.8 Å². The molecule has 0 aliphatic carbocycles. The van der Waals surface area contributed by atoms with Crippen LogP contribution in [-0.2, 0) is 4.79 Å². The molecule has 0 unspecified atom stereocenters. The van der Waals surface area contributed by atoms with Gasteiger partial charge < -0.3 is 10.2 Å². The van der Waals surface area contributed by atoms with E-state index in [-0.39, 0.29) is 11.9 Å². The largest absolute Gasteiger partial charge is 0.354 e. The van der Waals surface area contributed by atoms with Crippen molar-refractivity contribution in [3.05, 3.63) is 5.82 Å². The first-order valence-electron chi connectivity index (χ1n) is 8.87. The Bertz CT molecular complexity index is 542. The van der Waals surface area contributed by atoms with Gasteiger partial charge >= 0.3 is 0 Å². The molecular formula is C16H28N6OS. The van der Waals surface area contributed by atoms with Crippen LogP contribution < -0.4 is 5.32 Å². The molecule has 2 aliphatic heterocycles. The molecule has 1 aromatic rings. The molecule has 1 amide bonds. The Hall–Kier alpha value is -1.12. The Morgan fingerprint density at radius 3 is 2.83 bits per heavy atom. The van der Waals surface area contributed by atoms with E-state index in [9.17, 15) is 4.79 Å². The molecule has 0 saturated carbocycles. The summed E-state index contributed by atoms with van der Waals surface area (Å²) < 4.78 is 0. The van der Waals surface area contributed by atoms with Crippen molar-refractivity contribution in [2.24, 2.45) is 0 Å². The van der Waals surface area contributed by atoms with Gasteiger partial charge in [-0.1, -0.05) is 11.8 Å². The number of rotatable bonds is 6. The van der Waals surface area contributed by atoms with E-state index < -0.39 is 0 Å². The smallest absolute Gasteiger partial charge is 0.237 e. The first-order chi connectivity index (χ1) is 11.6. The van der Waals surface area contributed by atoms with Crippen LogP contribution in [0.25, 0.3) is 0 Å². The number of piperidine rings is 1. The van der Waals surface area contributed by atoms with Gasteiger partial charge in [0, 0.05) is 18.3 Å². The van der Waals surface area contributed by atoms with Crippen LogP contribution in [0.1, 0.15) is 31.5 Å². The fourth-order valence-corrected chi connectivity index (χ4v) is 4.35. The van der Waals surface area contributed by atoms with Crippen molar-refractivity contribution in [3.63, 3.8) is 0 Å². The molecule has 8 heteroatoms. The lowest BCUT2D eigenvalue weighted by molar-refractivity contribution is -0.126. The van der Waals surface area contributed by atoms with Gasteiger partial charge in [-0.15, -0.1) is 5.10 Å². The number of carbonyl (C=O) groups is 1. The minimum Gasteiger partial charge on any atom is -0.354 e. The Balaban J connectivity index is 1.42. The molecule has 0 aromatic carbocycles. The van der Waals surface area contributed by atoms with Crippen LogP contribution in [0.4, 0.5) is 0 Å². The van der Waals surface area contributed by atoms with Crippen LogP contribution >= 0.6 is 11.8 Å². The fourth-order valence-electron chi connectivity index (χ4n) is 3.66. The van der Waals surface area contributed by atoms with Crippen molar-refractivity contribution in [1.82, 2.24) is 30.3 Å². The number of nitrogens with zero attached hydrogens (tertiary/aromatic N) is 4. The van der Waals surface area contributed by atoms with Gasteiger partial charge in [0.2, 0.25) is 11.1 Å². The Morgan fingerprint density at radius 2 is 2.12 bits per heavy atom. The highest BCUT2D eigenvalue weighted by Gasteiger charge is 2.36. The van der Waals surface area contributed by atoms with E-state index in [0.29, 0.717) is 12.6 Å². The lowest BCUT2D eigenvalue weighted by Crippen LogP contribution is -2.51. The maximum absolute atomic E-state index is 12.6. The summed E-state index contributed by atoms with van der Waals surface area (Å²) in [5.41, 5.74) is 0. The molecule has 2 aliphatic rings. The zero-order valence-electron chi connectivity index (χ0n) is 14.6. The number of aryl methyl sites for hydroxylation is 1. The zero-order chi connectivity index (χ0) is 16.9. The number of aromatic nitrogens is 3. The van der Waals surface area contributed by atoms with E-state index in [1.54, 1.807) is 11.8 Å². The minimum atomic E-state index is 0.0640. The van der Waals surface area contributed by atoms with Crippen LogP contribution in [-0.4, -0.2) is 82.0 Å². The summed E-state index contributed by atoms with van der Waals surface area (Å²) in [7, 11) is 2.18. The number of aromatic amines is 1. The predicted molar refractivity (Wildman–Crippen MR) is 95.1 cm³/mol. The maximum Gasteiger partial charge on any atom is 0.237 e. The quantitative estimate of drug-likeness (QED) is 0.585. The molecule has 2 saturated heterocycles. The first-order valence-corrected chi connectivity index (χ1v) is 9.86. The van der Waals surface area contributed by atoms with E-state index in [1.807, 2.05) is 6.92 Å². The molecule has 1 aromatic heterocycles. The van der Waals surface area contributed by atoms with E-state index in [4.69, 9.17) is 0 Å². The van der Waals surface area contributed by atoms with Gasteiger partial charge in [-0.2, -0.15) is 0 Å². The third-order valence-electron chi connectivity index (χ3n) is 4.96. The summed E-state index contributed by atoms with van der Waals surface area (Å²) >= 11 is 1.57. The number of amides is 1. The van der Waals surface area contributed by atoms with E-state index in [0.717, 1.165) is 49.2 Å². The highest BCUT2D eigenvalue weighted by molar-refractivity contribution is 7.99. The van der Waals surface area contributed by atoms with Crippen molar-refractivity contribution in [2.75, 3.05) is 39.0 Å². The first kappa shape index (κ1) is 17.7. The van der Waals surface area contributed by atoms with Gasteiger partial charge in [0.15, 0.2) is 0 Å². The molecule has 7 nitrogen and oxygen atoms in total. The van der Waals surface area contributed by atoms with Crippen LogP contribution in [0.3, 0.4) is 0 Å². The summed E-state index contributed by atoms with van der Waals surface area (Å²) in [5, 5.41) is 10.8. The maximum atomic E-state index is 12.6. The van der Waals surface area contributed by atoms with Crippen LogP contribution in [0.15, 0.2) is 5.16 Å². The lowest BCUT2D eigenvalue weighted by atomic mass is 10.0. The molecule has 3 rings (SSSR count). The zero-order valence-corrected chi connectivity index (χ0v) is 15.4. The molecule has 0 spiro atoms. The van der Waals surface area contributed by atoms with Crippen molar-refractivity contribution in [2.45, 2.75) is 49.8 Å².